The Morgan fingerprint density at radius 2 is 1.17 bits per heavy atom. The number of rotatable bonds is 7. The number of halogens is 1. The Labute approximate surface area is 207 Å². The number of hydrogen-bond acceptors (Lipinski definition) is 4. The van der Waals surface area contributed by atoms with Gasteiger partial charge >= 0.3 is 11.9 Å². The van der Waals surface area contributed by atoms with E-state index < -0.39 is 17.9 Å². The molecule has 5 rings (SSSR count). The first kappa shape index (κ1) is 23.4. The van der Waals surface area contributed by atoms with Crippen LogP contribution in [-0.2, 0) is 9.47 Å². The van der Waals surface area contributed by atoms with Crippen molar-refractivity contribution in [2.75, 3.05) is 13.2 Å². The third-order valence-corrected chi connectivity index (χ3v) is 6.23. The predicted molar refractivity (Wildman–Crippen MR) is 136 cm³/mol. The van der Waals surface area contributed by atoms with Crippen LogP contribution in [0.3, 0.4) is 0 Å². The number of para-hydroxylation sites is 2. The lowest BCUT2D eigenvalue weighted by Gasteiger charge is -2.21. The van der Waals surface area contributed by atoms with Crippen molar-refractivity contribution in [1.82, 2.24) is 9.97 Å². The number of fused-ring (bicyclic) bond motifs is 2. The molecule has 3 aromatic carbocycles. The number of carbonyl (C=O) groups is 2. The number of esters is 2. The van der Waals surface area contributed by atoms with Gasteiger partial charge in [0.05, 0.1) is 13.2 Å². The largest absolute Gasteiger partial charge is 0.461 e. The fourth-order valence-electron chi connectivity index (χ4n) is 4.79. The van der Waals surface area contributed by atoms with Crippen LogP contribution >= 0.6 is 0 Å². The highest BCUT2D eigenvalue weighted by Crippen LogP contribution is 2.43. The summed E-state index contributed by atoms with van der Waals surface area (Å²) in [4.78, 5) is 32.8. The van der Waals surface area contributed by atoms with Crippen LogP contribution in [0, 0.1) is 5.82 Å². The van der Waals surface area contributed by atoms with Gasteiger partial charge in [0.25, 0.3) is 0 Å². The number of hydrogen-bond donors (Lipinski definition) is 2. The molecule has 0 fully saturated rings. The highest BCUT2D eigenvalue weighted by atomic mass is 19.1. The van der Waals surface area contributed by atoms with Gasteiger partial charge < -0.3 is 19.4 Å². The zero-order valence-electron chi connectivity index (χ0n) is 19.9. The Kier molecular flexibility index (Phi) is 6.29. The van der Waals surface area contributed by atoms with E-state index in [9.17, 15) is 14.0 Å². The van der Waals surface area contributed by atoms with Gasteiger partial charge in [-0.15, -0.1) is 0 Å². The lowest BCUT2D eigenvalue weighted by atomic mass is 9.82. The molecule has 0 aliphatic heterocycles. The zero-order valence-corrected chi connectivity index (χ0v) is 19.9. The van der Waals surface area contributed by atoms with Gasteiger partial charge in [-0.05, 0) is 43.7 Å². The van der Waals surface area contributed by atoms with Crippen molar-refractivity contribution in [2.24, 2.45) is 0 Å². The fraction of sp³-hybridized carbons (Fsp3) is 0.172. The summed E-state index contributed by atoms with van der Waals surface area (Å²) in [7, 11) is 0. The monoisotopic (exact) mass is 484 g/mol. The quantitative estimate of drug-likeness (QED) is 0.265. The second kappa shape index (κ2) is 9.70. The van der Waals surface area contributed by atoms with Gasteiger partial charge in [-0.25, -0.2) is 14.0 Å². The molecule has 0 amide bonds. The van der Waals surface area contributed by atoms with E-state index >= 15 is 0 Å². The van der Waals surface area contributed by atoms with Crippen LogP contribution in [0.1, 0.15) is 57.4 Å². The molecule has 0 aliphatic carbocycles. The Balaban J connectivity index is 1.89. The predicted octanol–water partition coefficient (Wildman–Crippen LogP) is 6.32. The fourth-order valence-corrected chi connectivity index (χ4v) is 4.79. The Hall–Kier alpha value is -4.39. The summed E-state index contributed by atoms with van der Waals surface area (Å²) >= 11 is 0. The molecule has 5 aromatic rings. The van der Waals surface area contributed by atoms with Crippen molar-refractivity contribution in [3.8, 4) is 0 Å². The molecule has 2 aromatic heterocycles. The summed E-state index contributed by atoms with van der Waals surface area (Å²) < 4.78 is 24.8. The minimum Gasteiger partial charge on any atom is -0.461 e. The summed E-state index contributed by atoms with van der Waals surface area (Å²) in [5.74, 6) is -2.01. The van der Waals surface area contributed by atoms with Gasteiger partial charge in [0.2, 0.25) is 0 Å². The van der Waals surface area contributed by atoms with Gasteiger partial charge in [0.15, 0.2) is 0 Å². The average Bonchev–Trinajstić information content (AvgIpc) is 3.46. The van der Waals surface area contributed by atoms with Gasteiger partial charge in [-0.2, -0.15) is 0 Å². The van der Waals surface area contributed by atoms with Gasteiger partial charge in [-0.3, -0.25) is 0 Å². The maximum absolute atomic E-state index is 14.0. The number of carbonyl (C=O) groups excluding carboxylic acids is 2. The van der Waals surface area contributed by atoms with Gasteiger partial charge in [-0.1, -0.05) is 48.5 Å². The van der Waals surface area contributed by atoms with Crippen molar-refractivity contribution >= 4 is 33.7 Å². The molecule has 2 N–H and O–H groups in total. The molecule has 182 valence electrons. The number of aromatic nitrogens is 2. The molecule has 0 unspecified atom stereocenters. The van der Waals surface area contributed by atoms with Crippen LogP contribution in [0.15, 0.2) is 72.8 Å². The summed E-state index contributed by atoms with van der Waals surface area (Å²) in [5.41, 5.74) is 4.07. The van der Waals surface area contributed by atoms with Crippen LogP contribution in [0.4, 0.5) is 4.39 Å². The van der Waals surface area contributed by atoms with E-state index in [4.69, 9.17) is 9.47 Å². The van der Waals surface area contributed by atoms with E-state index in [-0.39, 0.29) is 30.4 Å². The Bertz CT molecular complexity index is 1470. The van der Waals surface area contributed by atoms with Crippen molar-refractivity contribution in [3.63, 3.8) is 0 Å². The van der Waals surface area contributed by atoms with Gasteiger partial charge in [0.1, 0.15) is 17.2 Å². The highest BCUT2D eigenvalue weighted by molar-refractivity contribution is 6.03. The molecule has 36 heavy (non-hydrogen) atoms. The second-order valence-electron chi connectivity index (χ2n) is 8.34. The summed E-state index contributed by atoms with van der Waals surface area (Å²) in [6.45, 7) is 3.90. The molecule has 2 heterocycles. The molecule has 0 saturated heterocycles. The second-order valence-corrected chi connectivity index (χ2v) is 8.34. The van der Waals surface area contributed by atoms with E-state index in [0.717, 1.165) is 21.8 Å². The number of H-pyrrole nitrogens is 2. The van der Waals surface area contributed by atoms with Crippen molar-refractivity contribution in [1.29, 1.82) is 0 Å². The minimum absolute atomic E-state index is 0.204. The molecular formula is C29H25FN2O4. The van der Waals surface area contributed by atoms with E-state index in [2.05, 4.69) is 9.97 Å². The molecule has 7 heteroatoms. The maximum Gasteiger partial charge on any atom is 0.355 e. The standard InChI is InChI=1S/C29H25FN2O4/c1-3-35-28(33)26-24(19-9-5-7-11-21(19)31-26)23(17-13-15-18(30)16-14-17)25-20-10-6-8-12-22(20)32-27(25)29(34)36-4-2/h5-16,23,31-32H,3-4H2,1-2H3. The average molecular weight is 485 g/mol. The number of benzene rings is 3. The molecule has 0 spiro atoms. The Morgan fingerprint density at radius 3 is 1.61 bits per heavy atom. The molecule has 0 bridgehead atoms. The first-order valence-corrected chi connectivity index (χ1v) is 11.8. The summed E-state index contributed by atoms with van der Waals surface area (Å²) in [5, 5.41) is 1.60. The molecule has 6 nitrogen and oxygen atoms in total. The Morgan fingerprint density at radius 1 is 0.722 bits per heavy atom. The van der Waals surface area contributed by atoms with Crippen molar-refractivity contribution < 1.29 is 23.5 Å². The van der Waals surface area contributed by atoms with E-state index in [0.29, 0.717) is 16.7 Å². The van der Waals surface area contributed by atoms with Crippen molar-refractivity contribution in [3.05, 3.63) is 107 Å². The van der Waals surface area contributed by atoms with E-state index in [1.54, 1.807) is 26.0 Å². The SMILES string of the molecule is CCOC(=O)c1[nH]c2ccccc2c1C(c1ccc(F)cc1)c1c(C(=O)OCC)[nH]c2ccccc12. The normalized spacial score (nSPS) is 11.3. The summed E-state index contributed by atoms with van der Waals surface area (Å²) in [6, 6.07) is 21.2. The van der Waals surface area contributed by atoms with Crippen LogP contribution in [0.2, 0.25) is 0 Å². The van der Waals surface area contributed by atoms with E-state index in [1.807, 2.05) is 48.5 Å². The minimum atomic E-state index is -0.614. The zero-order chi connectivity index (χ0) is 25.2. The summed E-state index contributed by atoms with van der Waals surface area (Å²) in [6.07, 6.45) is 0. The first-order valence-electron chi connectivity index (χ1n) is 11.8. The third kappa shape index (κ3) is 4.02. The smallest absolute Gasteiger partial charge is 0.355 e. The lowest BCUT2D eigenvalue weighted by molar-refractivity contribution is 0.0511. The first-order chi connectivity index (χ1) is 17.5. The number of aromatic amines is 2. The highest BCUT2D eigenvalue weighted by Gasteiger charge is 2.33. The molecular weight excluding hydrogens is 459 g/mol. The molecule has 0 saturated carbocycles. The lowest BCUT2D eigenvalue weighted by Crippen LogP contribution is -2.15. The van der Waals surface area contributed by atoms with Crippen LogP contribution < -0.4 is 0 Å². The maximum atomic E-state index is 14.0. The van der Waals surface area contributed by atoms with Crippen molar-refractivity contribution in [2.45, 2.75) is 19.8 Å². The number of nitrogens with one attached hydrogen (secondary N) is 2. The van der Waals surface area contributed by atoms with Crippen LogP contribution in [-0.4, -0.2) is 35.1 Å². The third-order valence-electron chi connectivity index (χ3n) is 6.23. The molecule has 0 radical (unpaired) electrons. The topological polar surface area (TPSA) is 84.2 Å². The van der Waals surface area contributed by atoms with E-state index in [1.165, 1.54) is 12.1 Å². The van der Waals surface area contributed by atoms with Crippen LogP contribution in [0.25, 0.3) is 21.8 Å². The van der Waals surface area contributed by atoms with Crippen LogP contribution in [0.5, 0.6) is 0 Å². The molecule has 0 aliphatic rings. The number of ether oxygens (including phenoxy) is 2. The molecule has 0 atom stereocenters. The van der Waals surface area contributed by atoms with Gasteiger partial charge in [0, 0.05) is 38.9 Å².